The molecule has 2 aromatic carbocycles. The molecule has 0 saturated heterocycles. The van der Waals surface area contributed by atoms with E-state index in [9.17, 15) is 9.59 Å². The lowest BCUT2D eigenvalue weighted by atomic mass is 9.79. The molecule has 1 N–H and O–H groups in total. The van der Waals surface area contributed by atoms with Gasteiger partial charge in [-0.05, 0) is 43.5 Å². The summed E-state index contributed by atoms with van der Waals surface area (Å²) in [6, 6.07) is 14.6. The monoisotopic (exact) mass is 318 g/mol. The van der Waals surface area contributed by atoms with Gasteiger partial charge in [0.1, 0.15) is 0 Å². The third kappa shape index (κ3) is 2.54. The van der Waals surface area contributed by atoms with Crippen LogP contribution in [0.4, 0.5) is 11.4 Å². The van der Waals surface area contributed by atoms with Crippen LogP contribution in [-0.4, -0.2) is 17.4 Å². The van der Waals surface area contributed by atoms with Gasteiger partial charge in [-0.3, -0.25) is 14.6 Å². The lowest BCUT2D eigenvalue weighted by Crippen LogP contribution is -2.31. The molecule has 0 spiro atoms. The first kappa shape index (κ1) is 14.8. The maximum atomic E-state index is 12.8. The molecular weight excluding hydrogens is 300 g/mol. The zero-order valence-electron chi connectivity index (χ0n) is 13.3. The molecule has 1 fully saturated rings. The highest BCUT2D eigenvalue weighted by molar-refractivity contribution is 6.21. The van der Waals surface area contributed by atoms with Crippen LogP contribution in [0.15, 0.2) is 53.5 Å². The molecule has 24 heavy (non-hydrogen) atoms. The topological polar surface area (TPSA) is 58.5 Å². The van der Waals surface area contributed by atoms with Crippen molar-refractivity contribution in [2.45, 2.75) is 25.7 Å². The van der Waals surface area contributed by atoms with Crippen molar-refractivity contribution in [2.24, 2.45) is 10.9 Å². The number of carbonyl (C=O) groups excluding carboxylic acids is 2. The molecule has 4 nitrogen and oxygen atoms in total. The number of fused-ring (bicyclic) bond motifs is 2. The van der Waals surface area contributed by atoms with E-state index in [2.05, 4.69) is 5.32 Å². The highest BCUT2D eigenvalue weighted by atomic mass is 16.1. The maximum absolute atomic E-state index is 12.8. The highest BCUT2D eigenvalue weighted by Crippen LogP contribution is 2.37. The summed E-state index contributed by atoms with van der Waals surface area (Å²) in [4.78, 5) is 30.1. The maximum Gasteiger partial charge on any atom is 0.257 e. The number of rotatable bonds is 2. The van der Waals surface area contributed by atoms with Gasteiger partial charge < -0.3 is 5.32 Å². The summed E-state index contributed by atoms with van der Waals surface area (Å²) in [5.41, 5.74) is 3.24. The van der Waals surface area contributed by atoms with E-state index >= 15 is 0 Å². The number of para-hydroxylation sites is 2. The average Bonchev–Trinajstić information content (AvgIpc) is 2.62. The largest absolute Gasteiger partial charge is 0.322 e. The van der Waals surface area contributed by atoms with Crippen molar-refractivity contribution in [3.63, 3.8) is 0 Å². The molecule has 4 heteroatoms. The fraction of sp³-hybridized carbons (Fsp3) is 0.250. The number of anilines is 1. The third-order valence-corrected chi connectivity index (χ3v) is 4.73. The molecule has 2 aromatic rings. The van der Waals surface area contributed by atoms with Gasteiger partial charge in [0.15, 0.2) is 5.78 Å². The Morgan fingerprint density at radius 3 is 2.71 bits per heavy atom. The van der Waals surface area contributed by atoms with Gasteiger partial charge in [-0.1, -0.05) is 30.7 Å². The van der Waals surface area contributed by atoms with Crippen molar-refractivity contribution >= 4 is 28.8 Å². The average molecular weight is 318 g/mol. The molecule has 0 bridgehead atoms. The van der Waals surface area contributed by atoms with Gasteiger partial charge in [0.05, 0.1) is 17.2 Å². The molecule has 1 aliphatic carbocycles. The Balaban J connectivity index is 1.72. The number of nitrogens with one attached hydrogen (secondary N) is 1. The number of carbonyl (C=O) groups is 2. The molecule has 1 unspecified atom stereocenters. The number of hydrogen-bond donors (Lipinski definition) is 1. The molecule has 4 rings (SSSR count). The molecule has 120 valence electrons. The Hall–Kier alpha value is -2.75. The molecule has 0 radical (unpaired) electrons. The molecule has 1 amide bonds. The Kier molecular flexibility index (Phi) is 3.73. The van der Waals surface area contributed by atoms with E-state index in [4.69, 9.17) is 4.99 Å². The van der Waals surface area contributed by atoms with Crippen molar-refractivity contribution in [1.29, 1.82) is 0 Å². The number of amides is 1. The molecule has 1 aliphatic heterocycles. The summed E-state index contributed by atoms with van der Waals surface area (Å²) in [6.07, 6.45) is 3.86. The van der Waals surface area contributed by atoms with Crippen molar-refractivity contribution in [2.75, 3.05) is 5.32 Å². The third-order valence-electron chi connectivity index (χ3n) is 4.73. The van der Waals surface area contributed by atoms with Gasteiger partial charge in [-0.2, -0.15) is 0 Å². The Labute approximate surface area is 140 Å². The number of Topliss-reactive ketones (excluding diaryl/α,β-unsaturated/α-hetero) is 1. The summed E-state index contributed by atoms with van der Waals surface area (Å²) >= 11 is 0. The van der Waals surface area contributed by atoms with Gasteiger partial charge in [0.25, 0.3) is 5.91 Å². The second kappa shape index (κ2) is 6.04. The van der Waals surface area contributed by atoms with E-state index in [-0.39, 0.29) is 17.6 Å². The molecule has 1 atom stereocenters. The minimum atomic E-state index is -0.232. The standard InChI is InChI=1S/C20H18N2O2/c23-19-14-9-4-5-12-17(14)22-18-15(19)10-6-11-16(18)20(24)21-13-7-2-1-3-8-13/h1-3,6-8,10-11,14H,4-5,9,12H2,(H,21,24). The van der Waals surface area contributed by atoms with Crippen molar-refractivity contribution < 1.29 is 9.59 Å². The van der Waals surface area contributed by atoms with E-state index in [0.717, 1.165) is 37.1 Å². The Morgan fingerprint density at radius 1 is 1.04 bits per heavy atom. The quantitative estimate of drug-likeness (QED) is 0.892. The van der Waals surface area contributed by atoms with Gasteiger partial charge in [-0.25, -0.2) is 0 Å². The second-order valence-corrected chi connectivity index (χ2v) is 6.29. The number of aliphatic imine (C=N–C) groups is 1. The summed E-state index contributed by atoms with van der Waals surface area (Å²) in [6.45, 7) is 0. The van der Waals surface area contributed by atoms with Crippen molar-refractivity contribution in [3.8, 4) is 0 Å². The van der Waals surface area contributed by atoms with Crippen LogP contribution in [0.25, 0.3) is 0 Å². The Bertz CT molecular complexity index is 840. The minimum Gasteiger partial charge on any atom is -0.322 e. The van der Waals surface area contributed by atoms with E-state index in [1.807, 2.05) is 30.3 Å². The molecule has 2 aliphatic rings. The summed E-state index contributed by atoms with van der Waals surface area (Å²) in [5, 5.41) is 2.88. The van der Waals surface area contributed by atoms with Gasteiger partial charge in [-0.15, -0.1) is 0 Å². The predicted molar refractivity (Wildman–Crippen MR) is 94.2 cm³/mol. The number of ketones is 1. The predicted octanol–water partition coefficient (Wildman–Crippen LogP) is 4.40. The normalized spacial score (nSPS) is 19.1. The van der Waals surface area contributed by atoms with Crippen molar-refractivity contribution in [1.82, 2.24) is 0 Å². The molecule has 1 saturated carbocycles. The van der Waals surface area contributed by atoms with Crippen LogP contribution in [0.1, 0.15) is 46.4 Å². The smallest absolute Gasteiger partial charge is 0.257 e. The number of hydrogen-bond acceptors (Lipinski definition) is 3. The van der Waals surface area contributed by atoms with E-state index < -0.39 is 0 Å². The van der Waals surface area contributed by atoms with E-state index in [0.29, 0.717) is 16.8 Å². The second-order valence-electron chi connectivity index (χ2n) is 6.29. The van der Waals surface area contributed by atoms with Gasteiger partial charge in [0.2, 0.25) is 0 Å². The van der Waals surface area contributed by atoms with Crippen LogP contribution in [0, 0.1) is 5.92 Å². The fourth-order valence-electron chi connectivity index (χ4n) is 3.51. The zero-order valence-corrected chi connectivity index (χ0v) is 13.3. The summed E-state index contributed by atoms with van der Waals surface area (Å²) in [5.74, 6) is -0.202. The van der Waals surface area contributed by atoms with Crippen LogP contribution in [0.5, 0.6) is 0 Å². The SMILES string of the molecule is O=C(Nc1ccccc1)c1cccc2c1N=C1CCCCC1C2=O. The van der Waals surface area contributed by atoms with Crippen LogP contribution in [-0.2, 0) is 0 Å². The lowest BCUT2D eigenvalue weighted by molar-refractivity contribution is 0.0942. The number of nitrogens with zero attached hydrogens (tertiary/aromatic N) is 1. The van der Waals surface area contributed by atoms with Crippen LogP contribution < -0.4 is 5.32 Å². The summed E-state index contributed by atoms with van der Waals surface area (Å²) < 4.78 is 0. The first-order valence-electron chi connectivity index (χ1n) is 8.35. The highest BCUT2D eigenvalue weighted by Gasteiger charge is 2.34. The van der Waals surface area contributed by atoms with Crippen LogP contribution >= 0.6 is 0 Å². The molecular formula is C20H18N2O2. The lowest BCUT2D eigenvalue weighted by Gasteiger charge is -2.28. The minimum absolute atomic E-state index is 0.0846. The van der Waals surface area contributed by atoms with Gasteiger partial charge in [0, 0.05) is 17.0 Å². The Morgan fingerprint density at radius 2 is 1.88 bits per heavy atom. The van der Waals surface area contributed by atoms with Crippen molar-refractivity contribution in [3.05, 3.63) is 59.7 Å². The number of benzene rings is 2. The van der Waals surface area contributed by atoms with E-state index in [1.54, 1.807) is 18.2 Å². The van der Waals surface area contributed by atoms with Gasteiger partial charge >= 0.3 is 0 Å². The first-order valence-corrected chi connectivity index (χ1v) is 8.35. The first-order chi connectivity index (χ1) is 11.7. The molecule has 1 heterocycles. The fourth-order valence-corrected chi connectivity index (χ4v) is 3.51. The zero-order chi connectivity index (χ0) is 16.5. The van der Waals surface area contributed by atoms with Crippen LogP contribution in [0.2, 0.25) is 0 Å². The summed E-state index contributed by atoms with van der Waals surface area (Å²) in [7, 11) is 0. The molecule has 0 aromatic heterocycles. The van der Waals surface area contributed by atoms with Crippen LogP contribution in [0.3, 0.4) is 0 Å². The van der Waals surface area contributed by atoms with E-state index in [1.165, 1.54) is 0 Å².